The van der Waals surface area contributed by atoms with E-state index in [1.165, 1.54) is 4.88 Å². The van der Waals surface area contributed by atoms with Crippen molar-refractivity contribution in [3.8, 4) is 0 Å². The summed E-state index contributed by atoms with van der Waals surface area (Å²) in [6.07, 6.45) is 4.32. The molecule has 0 aliphatic carbocycles. The van der Waals surface area contributed by atoms with Gasteiger partial charge in [-0.2, -0.15) is 0 Å². The average Bonchev–Trinajstić information content (AvgIpc) is 2.98. The van der Waals surface area contributed by atoms with E-state index in [9.17, 15) is 4.79 Å². The summed E-state index contributed by atoms with van der Waals surface area (Å²) in [5.74, 6) is 0.281. The third-order valence-corrected chi connectivity index (χ3v) is 4.30. The standard InChI is InChI=1S/C14H22N2OS/c1-3-5-7-11-14(17)16(9-4-2)13(15-11)12-8-6-10-18-12/h6,8,10-11,13,15H,3-5,7,9H2,1-2H3. The molecule has 1 amide bonds. The first-order valence-electron chi connectivity index (χ1n) is 6.87. The summed E-state index contributed by atoms with van der Waals surface area (Å²) in [5, 5.41) is 5.57. The van der Waals surface area contributed by atoms with E-state index in [0.717, 1.165) is 32.2 Å². The van der Waals surface area contributed by atoms with Crippen LogP contribution in [-0.2, 0) is 4.79 Å². The van der Waals surface area contributed by atoms with Gasteiger partial charge in [0.2, 0.25) is 5.91 Å². The van der Waals surface area contributed by atoms with Crippen LogP contribution in [0, 0.1) is 0 Å². The van der Waals surface area contributed by atoms with Crippen LogP contribution < -0.4 is 5.32 Å². The van der Waals surface area contributed by atoms with E-state index in [0.29, 0.717) is 0 Å². The maximum Gasteiger partial charge on any atom is 0.241 e. The summed E-state index contributed by atoms with van der Waals surface area (Å²) in [4.78, 5) is 15.6. The van der Waals surface area contributed by atoms with Crippen molar-refractivity contribution in [2.24, 2.45) is 0 Å². The Balaban J connectivity index is 2.10. The summed E-state index contributed by atoms with van der Waals surface area (Å²) >= 11 is 1.72. The van der Waals surface area contributed by atoms with E-state index in [1.807, 2.05) is 4.90 Å². The van der Waals surface area contributed by atoms with Gasteiger partial charge < -0.3 is 4.90 Å². The molecule has 18 heavy (non-hydrogen) atoms. The molecule has 1 saturated heterocycles. The van der Waals surface area contributed by atoms with Gasteiger partial charge in [-0.3, -0.25) is 10.1 Å². The minimum absolute atomic E-state index is 0.0172. The molecule has 0 bridgehead atoms. The first-order valence-corrected chi connectivity index (χ1v) is 7.75. The molecule has 1 aliphatic rings. The predicted octanol–water partition coefficient (Wildman–Crippen LogP) is 3.15. The largest absolute Gasteiger partial charge is 0.321 e. The number of unbranched alkanes of at least 4 members (excludes halogenated alkanes) is 1. The zero-order chi connectivity index (χ0) is 13.0. The second kappa shape index (κ2) is 6.34. The molecule has 4 heteroatoms. The van der Waals surface area contributed by atoms with Gasteiger partial charge in [-0.05, 0) is 24.3 Å². The summed E-state index contributed by atoms with van der Waals surface area (Å²) in [5.41, 5.74) is 0. The van der Waals surface area contributed by atoms with Crippen molar-refractivity contribution in [1.29, 1.82) is 0 Å². The average molecular weight is 266 g/mol. The van der Waals surface area contributed by atoms with Gasteiger partial charge in [0.1, 0.15) is 6.17 Å². The molecule has 1 fully saturated rings. The summed E-state index contributed by atoms with van der Waals surface area (Å²) in [6.45, 7) is 5.13. The number of rotatable bonds is 6. The van der Waals surface area contributed by atoms with Crippen LogP contribution in [0.15, 0.2) is 17.5 Å². The van der Waals surface area contributed by atoms with Gasteiger partial charge in [0, 0.05) is 11.4 Å². The lowest BCUT2D eigenvalue weighted by Crippen LogP contribution is -2.31. The molecule has 2 heterocycles. The lowest BCUT2D eigenvalue weighted by Gasteiger charge is -2.22. The van der Waals surface area contributed by atoms with Crippen LogP contribution in [0.1, 0.15) is 50.6 Å². The number of hydrogen-bond acceptors (Lipinski definition) is 3. The van der Waals surface area contributed by atoms with Crippen LogP contribution in [0.2, 0.25) is 0 Å². The smallest absolute Gasteiger partial charge is 0.241 e. The fourth-order valence-electron chi connectivity index (χ4n) is 2.46. The number of nitrogens with one attached hydrogen (secondary N) is 1. The first-order chi connectivity index (χ1) is 8.77. The van der Waals surface area contributed by atoms with Gasteiger partial charge in [0.15, 0.2) is 0 Å². The molecule has 3 nitrogen and oxygen atoms in total. The quantitative estimate of drug-likeness (QED) is 0.858. The number of hydrogen-bond donors (Lipinski definition) is 1. The van der Waals surface area contributed by atoms with Crippen LogP contribution >= 0.6 is 11.3 Å². The molecule has 0 aromatic carbocycles. The summed E-state index contributed by atoms with van der Waals surface area (Å²) in [7, 11) is 0. The van der Waals surface area contributed by atoms with Gasteiger partial charge >= 0.3 is 0 Å². The molecular formula is C14H22N2OS. The van der Waals surface area contributed by atoms with Crippen LogP contribution in [-0.4, -0.2) is 23.4 Å². The van der Waals surface area contributed by atoms with Crippen molar-refractivity contribution in [3.63, 3.8) is 0 Å². The van der Waals surface area contributed by atoms with E-state index in [2.05, 4.69) is 36.7 Å². The lowest BCUT2D eigenvalue weighted by atomic mass is 10.1. The molecule has 0 radical (unpaired) electrons. The highest BCUT2D eigenvalue weighted by Gasteiger charge is 2.38. The maximum atomic E-state index is 12.4. The second-order valence-corrected chi connectivity index (χ2v) is 5.79. The van der Waals surface area contributed by atoms with Gasteiger partial charge in [-0.25, -0.2) is 0 Å². The highest BCUT2D eigenvalue weighted by molar-refractivity contribution is 7.10. The maximum absolute atomic E-state index is 12.4. The van der Waals surface area contributed by atoms with Gasteiger partial charge in [-0.15, -0.1) is 11.3 Å². The number of thiophene rings is 1. The normalized spacial score (nSPS) is 23.9. The van der Waals surface area contributed by atoms with Crippen LogP contribution in [0.3, 0.4) is 0 Å². The monoisotopic (exact) mass is 266 g/mol. The van der Waals surface area contributed by atoms with E-state index in [1.54, 1.807) is 11.3 Å². The molecular weight excluding hydrogens is 244 g/mol. The molecule has 2 rings (SSSR count). The Labute approximate surface area is 113 Å². The van der Waals surface area contributed by atoms with E-state index >= 15 is 0 Å². The highest BCUT2D eigenvalue weighted by Crippen LogP contribution is 2.30. The Morgan fingerprint density at radius 2 is 2.22 bits per heavy atom. The van der Waals surface area contributed by atoms with Crippen LogP contribution in [0.4, 0.5) is 0 Å². The van der Waals surface area contributed by atoms with Gasteiger partial charge in [0.25, 0.3) is 0 Å². The predicted molar refractivity (Wildman–Crippen MR) is 75.5 cm³/mol. The van der Waals surface area contributed by atoms with E-state index in [-0.39, 0.29) is 18.1 Å². The Kier molecular flexibility index (Phi) is 4.78. The van der Waals surface area contributed by atoms with Crippen molar-refractivity contribution in [2.45, 2.75) is 51.7 Å². The van der Waals surface area contributed by atoms with Crippen LogP contribution in [0.25, 0.3) is 0 Å². The van der Waals surface area contributed by atoms with Gasteiger partial charge in [-0.1, -0.05) is 32.8 Å². The Morgan fingerprint density at radius 1 is 1.39 bits per heavy atom. The lowest BCUT2D eigenvalue weighted by molar-refractivity contribution is -0.130. The summed E-state index contributed by atoms with van der Waals surface area (Å²) in [6, 6.07) is 4.18. The van der Waals surface area contributed by atoms with Crippen molar-refractivity contribution in [3.05, 3.63) is 22.4 Å². The number of nitrogens with zero attached hydrogens (tertiary/aromatic N) is 1. The number of amides is 1. The first kappa shape index (κ1) is 13.6. The third kappa shape index (κ3) is 2.75. The van der Waals surface area contributed by atoms with E-state index in [4.69, 9.17) is 0 Å². The Bertz CT molecular complexity index is 377. The molecule has 2 atom stereocenters. The number of carbonyl (C=O) groups is 1. The molecule has 2 unspecified atom stereocenters. The zero-order valence-electron chi connectivity index (χ0n) is 11.2. The second-order valence-electron chi connectivity index (χ2n) is 4.81. The Morgan fingerprint density at radius 3 is 2.83 bits per heavy atom. The molecule has 1 aromatic heterocycles. The number of carbonyl (C=O) groups excluding carboxylic acids is 1. The SMILES string of the molecule is CCCCC1NC(c2cccs2)N(CCC)C1=O. The van der Waals surface area contributed by atoms with Crippen molar-refractivity contribution < 1.29 is 4.79 Å². The zero-order valence-corrected chi connectivity index (χ0v) is 12.0. The van der Waals surface area contributed by atoms with E-state index < -0.39 is 0 Å². The van der Waals surface area contributed by atoms with Crippen molar-refractivity contribution >= 4 is 17.2 Å². The molecule has 1 N–H and O–H groups in total. The molecule has 1 aliphatic heterocycles. The van der Waals surface area contributed by atoms with Crippen molar-refractivity contribution in [2.75, 3.05) is 6.54 Å². The molecule has 0 spiro atoms. The minimum atomic E-state index is 0.0172. The minimum Gasteiger partial charge on any atom is -0.321 e. The summed E-state index contributed by atoms with van der Waals surface area (Å²) < 4.78 is 0. The van der Waals surface area contributed by atoms with Crippen LogP contribution in [0.5, 0.6) is 0 Å². The van der Waals surface area contributed by atoms with Crippen molar-refractivity contribution in [1.82, 2.24) is 10.2 Å². The molecule has 100 valence electrons. The fourth-order valence-corrected chi connectivity index (χ4v) is 3.25. The van der Waals surface area contributed by atoms with Gasteiger partial charge in [0.05, 0.1) is 6.04 Å². The molecule has 0 saturated carbocycles. The molecule has 1 aromatic rings. The Hall–Kier alpha value is -0.870. The fraction of sp³-hybridized carbons (Fsp3) is 0.643. The topological polar surface area (TPSA) is 32.3 Å². The highest BCUT2D eigenvalue weighted by atomic mass is 32.1. The third-order valence-electron chi connectivity index (χ3n) is 3.38.